The van der Waals surface area contributed by atoms with Crippen molar-refractivity contribution in [3.63, 3.8) is 0 Å². The number of aryl methyl sites for hydroxylation is 3. The molecule has 3 aromatic rings. The standard InChI is InChI=1S/C14H14.C8H9FO2.C5H12.CH2O/c1-11-3-7-13(8-4-11)14-9-5-12(2)6-10-14;1-7-2-4-8(5-3-7)10-6-11-9;1-4-5(2)3;1-2/h3-10H,1-2H3;2-5H,6H2,1H3;5H,4H2,1-3H3;1H2. The van der Waals surface area contributed by atoms with Gasteiger partial charge in [-0.25, -0.2) is 0 Å². The van der Waals surface area contributed by atoms with E-state index in [-0.39, 0.29) is 6.79 Å². The molecule has 0 aliphatic rings. The van der Waals surface area contributed by atoms with Gasteiger partial charge in [-0.1, -0.05) is 105 Å². The fourth-order valence-electron chi connectivity index (χ4n) is 2.22. The second-order valence-electron chi connectivity index (χ2n) is 7.72. The van der Waals surface area contributed by atoms with Gasteiger partial charge in [0.15, 0.2) is 0 Å². The Morgan fingerprint density at radius 2 is 1.03 bits per heavy atom. The van der Waals surface area contributed by atoms with E-state index in [1.807, 2.05) is 25.8 Å². The van der Waals surface area contributed by atoms with Crippen molar-refractivity contribution in [1.82, 2.24) is 0 Å². The fourth-order valence-corrected chi connectivity index (χ4v) is 2.22. The number of carbonyl (C=O) groups excluding carboxylic acids is 1. The predicted molar refractivity (Wildman–Crippen MR) is 132 cm³/mol. The number of halogens is 1. The second kappa shape index (κ2) is 17.7. The van der Waals surface area contributed by atoms with Crippen molar-refractivity contribution in [3.8, 4) is 16.9 Å². The minimum atomic E-state index is -0.358. The molecular formula is C28H37FO3. The van der Waals surface area contributed by atoms with Gasteiger partial charge in [-0.05, 0) is 54.5 Å². The number of rotatable bonds is 5. The topological polar surface area (TPSA) is 35.5 Å². The molecule has 0 heterocycles. The van der Waals surface area contributed by atoms with Gasteiger partial charge in [0.05, 0.1) is 0 Å². The van der Waals surface area contributed by atoms with Crippen molar-refractivity contribution in [1.29, 1.82) is 0 Å². The summed E-state index contributed by atoms with van der Waals surface area (Å²) in [6.07, 6.45) is 1.31. The molecule has 0 unspecified atom stereocenters. The summed E-state index contributed by atoms with van der Waals surface area (Å²) in [6, 6.07) is 24.5. The van der Waals surface area contributed by atoms with E-state index in [0.29, 0.717) is 5.75 Å². The summed E-state index contributed by atoms with van der Waals surface area (Å²) < 4.78 is 15.9. The molecule has 3 aromatic carbocycles. The van der Waals surface area contributed by atoms with Gasteiger partial charge in [-0.2, -0.15) is 4.94 Å². The molecule has 3 nitrogen and oxygen atoms in total. The molecule has 174 valence electrons. The van der Waals surface area contributed by atoms with Crippen molar-refractivity contribution >= 4 is 6.79 Å². The molecule has 0 radical (unpaired) electrons. The third-order valence-electron chi connectivity index (χ3n) is 4.54. The number of hydrogen-bond acceptors (Lipinski definition) is 3. The summed E-state index contributed by atoms with van der Waals surface area (Å²) in [4.78, 5) is 11.3. The van der Waals surface area contributed by atoms with Gasteiger partial charge in [0.25, 0.3) is 0 Å². The van der Waals surface area contributed by atoms with Crippen LogP contribution < -0.4 is 4.74 Å². The van der Waals surface area contributed by atoms with Gasteiger partial charge in [0.2, 0.25) is 6.79 Å². The summed E-state index contributed by atoms with van der Waals surface area (Å²) in [6.45, 7) is 14.5. The zero-order valence-electron chi connectivity index (χ0n) is 20.2. The van der Waals surface area contributed by atoms with Crippen LogP contribution in [0.5, 0.6) is 5.75 Å². The van der Waals surface area contributed by atoms with Gasteiger partial charge >= 0.3 is 0 Å². The maximum absolute atomic E-state index is 11.1. The van der Waals surface area contributed by atoms with Crippen LogP contribution >= 0.6 is 0 Å². The quantitative estimate of drug-likeness (QED) is 0.376. The summed E-state index contributed by atoms with van der Waals surface area (Å²) in [5.74, 6) is 1.49. The predicted octanol–water partition coefficient (Wildman–Crippen LogP) is 8.07. The molecule has 4 heteroatoms. The highest BCUT2D eigenvalue weighted by Gasteiger charge is 1.95. The van der Waals surface area contributed by atoms with Crippen molar-refractivity contribution in [2.24, 2.45) is 5.92 Å². The monoisotopic (exact) mass is 440 g/mol. The molecule has 0 spiro atoms. The molecule has 0 atom stereocenters. The van der Waals surface area contributed by atoms with Crippen LogP contribution in [-0.4, -0.2) is 13.6 Å². The van der Waals surface area contributed by atoms with Gasteiger partial charge in [-0.3, -0.25) is 0 Å². The van der Waals surface area contributed by atoms with E-state index in [0.717, 1.165) is 11.5 Å². The maximum atomic E-state index is 11.1. The Morgan fingerprint density at radius 3 is 1.31 bits per heavy atom. The van der Waals surface area contributed by atoms with Crippen LogP contribution in [0.4, 0.5) is 4.53 Å². The van der Waals surface area contributed by atoms with Gasteiger partial charge in [0, 0.05) is 0 Å². The Bertz CT molecular complexity index is 783. The molecule has 0 bridgehead atoms. The van der Waals surface area contributed by atoms with Crippen LogP contribution in [0.2, 0.25) is 0 Å². The minimum Gasteiger partial charge on any atom is -0.464 e. The summed E-state index contributed by atoms with van der Waals surface area (Å²) >= 11 is 0. The van der Waals surface area contributed by atoms with E-state index < -0.39 is 0 Å². The van der Waals surface area contributed by atoms with Gasteiger partial charge in [0.1, 0.15) is 12.5 Å². The first-order chi connectivity index (χ1) is 15.3. The zero-order valence-corrected chi connectivity index (χ0v) is 20.2. The third-order valence-corrected chi connectivity index (χ3v) is 4.54. The fraction of sp³-hybridized carbons (Fsp3) is 0.321. The second-order valence-corrected chi connectivity index (χ2v) is 7.72. The summed E-state index contributed by atoms with van der Waals surface area (Å²) in [5.41, 5.74) is 6.33. The zero-order chi connectivity index (χ0) is 24.4. The van der Waals surface area contributed by atoms with Crippen LogP contribution in [0.25, 0.3) is 11.1 Å². The first kappa shape index (κ1) is 29.0. The van der Waals surface area contributed by atoms with E-state index in [2.05, 4.69) is 88.1 Å². The average molecular weight is 441 g/mol. The summed E-state index contributed by atoms with van der Waals surface area (Å²) in [7, 11) is 0. The molecule has 0 aliphatic heterocycles. The van der Waals surface area contributed by atoms with Crippen molar-refractivity contribution < 1.29 is 19.0 Å². The van der Waals surface area contributed by atoms with E-state index in [9.17, 15) is 4.53 Å². The number of ether oxygens (including phenoxy) is 1. The van der Waals surface area contributed by atoms with Crippen LogP contribution in [-0.2, 0) is 9.74 Å². The molecule has 0 saturated carbocycles. The van der Waals surface area contributed by atoms with Crippen LogP contribution in [0.15, 0.2) is 72.8 Å². The van der Waals surface area contributed by atoms with Gasteiger partial charge in [-0.15, -0.1) is 0 Å². The smallest absolute Gasteiger partial charge is 0.226 e. The highest BCUT2D eigenvalue weighted by Crippen LogP contribution is 2.19. The lowest BCUT2D eigenvalue weighted by molar-refractivity contribution is -0.183. The Kier molecular flexibility index (Phi) is 16.0. The molecule has 0 saturated heterocycles. The summed E-state index contributed by atoms with van der Waals surface area (Å²) in [5, 5.41) is 0. The first-order valence-corrected chi connectivity index (χ1v) is 10.7. The number of benzene rings is 3. The highest BCUT2D eigenvalue weighted by atomic mass is 19.3. The van der Waals surface area contributed by atoms with Crippen molar-refractivity contribution in [3.05, 3.63) is 89.5 Å². The third kappa shape index (κ3) is 13.3. The van der Waals surface area contributed by atoms with E-state index in [1.54, 1.807) is 12.1 Å². The molecule has 0 aromatic heterocycles. The molecule has 0 aliphatic carbocycles. The molecule has 0 fully saturated rings. The lowest BCUT2D eigenvalue weighted by atomic mass is 10.0. The molecule has 0 amide bonds. The largest absolute Gasteiger partial charge is 0.464 e. The first-order valence-electron chi connectivity index (χ1n) is 10.7. The highest BCUT2D eigenvalue weighted by molar-refractivity contribution is 5.63. The van der Waals surface area contributed by atoms with Crippen LogP contribution in [0.3, 0.4) is 0 Å². The van der Waals surface area contributed by atoms with Crippen LogP contribution in [0, 0.1) is 26.7 Å². The Balaban J connectivity index is 0.000000477. The average Bonchev–Trinajstić information content (AvgIpc) is 2.82. The molecule has 32 heavy (non-hydrogen) atoms. The number of carbonyl (C=O) groups is 1. The lowest BCUT2D eigenvalue weighted by Crippen LogP contribution is -1.95. The maximum Gasteiger partial charge on any atom is 0.226 e. The van der Waals surface area contributed by atoms with Gasteiger partial charge < -0.3 is 9.53 Å². The lowest BCUT2D eigenvalue weighted by Gasteiger charge is -2.02. The Hall–Kier alpha value is -2.98. The van der Waals surface area contributed by atoms with E-state index in [4.69, 9.17) is 9.53 Å². The SMILES string of the molecule is C=O.CCC(C)C.Cc1ccc(-c2ccc(C)cc2)cc1.Cc1ccc(OCOF)cc1. The minimum absolute atomic E-state index is 0.358. The number of hydrogen-bond donors (Lipinski definition) is 0. The molecule has 0 N–H and O–H groups in total. The Morgan fingerprint density at radius 1 is 0.719 bits per heavy atom. The van der Waals surface area contributed by atoms with Crippen LogP contribution in [0.1, 0.15) is 43.9 Å². The molecule has 3 rings (SSSR count). The van der Waals surface area contributed by atoms with E-state index >= 15 is 0 Å². The normalized spacial score (nSPS) is 9.38. The van der Waals surface area contributed by atoms with E-state index in [1.165, 1.54) is 28.7 Å². The molecular weight excluding hydrogens is 403 g/mol. The van der Waals surface area contributed by atoms with Crippen molar-refractivity contribution in [2.45, 2.75) is 48.0 Å². The van der Waals surface area contributed by atoms with Crippen molar-refractivity contribution in [2.75, 3.05) is 6.79 Å². The Labute approximate surface area is 193 Å².